The first kappa shape index (κ1) is 18.7. The minimum atomic E-state index is -0.450. The van der Waals surface area contributed by atoms with Gasteiger partial charge in [-0.25, -0.2) is 0 Å². The fraction of sp³-hybridized carbons (Fsp3) is 0.150. The molecule has 6 nitrogen and oxygen atoms in total. The molecule has 0 radical (unpaired) electrons. The van der Waals surface area contributed by atoms with Crippen molar-refractivity contribution < 1.29 is 9.53 Å². The molecular weight excluding hydrogens is 362 g/mol. The maximum atomic E-state index is 12.8. The molecule has 0 bridgehead atoms. The topological polar surface area (TPSA) is 73.2 Å². The molecule has 0 unspecified atom stereocenters. The average molecular weight is 381 g/mol. The van der Waals surface area contributed by atoms with Gasteiger partial charge in [0.05, 0.1) is 24.6 Å². The maximum Gasteiger partial charge on any atom is 0.280 e. The number of nitrogens with zero attached hydrogens (tertiary/aromatic N) is 2. The van der Waals surface area contributed by atoms with Crippen LogP contribution in [0.2, 0.25) is 0 Å². The molecule has 1 heterocycles. The number of aryl methyl sites for hydroxylation is 1. The van der Waals surface area contributed by atoms with Crippen molar-refractivity contribution in [3.8, 4) is 11.4 Å². The molecule has 0 saturated heterocycles. The van der Waals surface area contributed by atoms with Crippen molar-refractivity contribution in [2.45, 2.75) is 11.8 Å². The number of amides is 1. The number of rotatable bonds is 5. The lowest BCUT2D eigenvalue weighted by molar-refractivity contribution is 0.101. The molecule has 1 N–H and O–H groups in total. The van der Waals surface area contributed by atoms with Crippen LogP contribution in [0.15, 0.2) is 64.3 Å². The third-order valence-corrected chi connectivity index (χ3v) is 4.76. The Hall–Kier alpha value is -3.06. The van der Waals surface area contributed by atoms with Gasteiger partial charge in [0.1, 0.15) is 0 Å². The third kappa shape index (κ3) is 4.03. The van der Waals surface area contributed by atoms with Crippen LogP contribution in [0.4, 0.5) is 5.69 Å². The molecule has 0 aliphatic carbocycles. The normalized spacial score (nSPS) is 10.5. The van der Waals surface area contributed by atoms with Gasteiger partial charge in [0.25, 0.3) is 11.5 Å². The Balaban J connectivity index is 2.03. The predicted octanol–water partition coefficient (Wildman–Crippen LogP) is 3.52. The fourth-order valence-electron chi connectivity index (χ4n) is 2.55. The molecule has 0 atom stereocenters. The largest absolute Gasteiger partial charge is 0.494 e. The molecule has 0 aliphatic heterocycles. The van der Waals surface area contributed by atoms with Crippen LogP contribution in [-0.4, -0.2) is 29.1 Å². The summed E-state index contributed by atoms with van der Waals surface area (Å²) in [7, 11) is 1.40. The van der Waals surface area contributed by atoms with Crippen LogP contribution < -0.4 is 15.6 Å². The number of hydrogen-bond acceptors (Lipinski definition) is 5. The second-order valence-corrected chi connectivity index (χ2v) is 6.65. The van der Waals surface area contributed by atoms with Gasteiger partial charge < -0.3 is 10.1 Å². The van der Waals surface area contributed by atoms with Crippen molar-refractivity contribution in [2.24, 2.45) is 0 Å². The first-order chi connectivity index (χ1) is 13.0. The molecular formula is C20H19N3O3S. The van der Waals surface area contributed by atoms with E-state index in [-0.39, 0.29) is 17.0 Å². The summed E-state index contributed by atoms with van der Waals surface area (Å²) in [5.41, 5.74) is 1.97. The van der Waals surface area contributed by atoms with Crippen LogP contribution in [0.3, 0.4) is 0 Å². The quantitative estimate of drug-likeness (QED) is 0.685. The van der Waals surface area contributed by atoms with Crippen LogP contribution in [0, 0.1) is 6.92 Å². The number of anilines is 1. The monoisotopic (exact) mass is 381 g/mol. The van der Waals surface area contributed by atoms with E-state index in [0.717, 1.165) is 10.5 Å². The Morgan fingerprint density at radius 1 is 1.15 bits per heavy atom. The van der Waals surface area contributed by atoms with Crippen LogP contribution in [0.1, 0.15) is 16.1 Å². The zero-order chi connectivity index (χ0) is 19.4. The van der Waals surface area contributed by atoms with Crippen LogP contribution in [-0.2, 0) is 0 Å². The lowest BCUT2D eigenvalue weighted by Crippen LogP contribution is -2.26. The average Bonchev–Trinajstić information content (AvgIpc) is 2.68. The minimum Gasteiger partial charge on any atom is -0.494 e. The molecule has 0 aliphatic rings. The van der Waals surface area contributed by atoms with Crippen molar-refractivity contribution in [3.05, 3.63) is 76.2 Å². The van der Waals surface area contributed by atoms with Gasteiger partial charge in [0.15, 0.2) is 11.4 Å². The van der Waals surface area contributed by atoms with Gasteiger partial charge in [0.2, 0.25) is 0 Å². The molecule has 2 aromatic carbocycles. The Kier molecular flexibility index (Phi) is 5.61. The highest BCUT2D eigenvalue weighted by atomic mass is 32.2. The molecule has 7 heteroatoms. The molecule has 27 heavy (non-hydrogen) atoms. The molecule has 3 rings (SSSR count). The van der Waals surface area contributed by atoms with E-state index in [0.29, 0.717) is 11.4 Å². The van der Waals surface area contributed by atoms with Gasteiger partial charge in [-0.05, 0) is 37.4 Å². The number of hydrogen-bond donors (Lipinski definition) is 1. The Labute approximate surface area is 161 Å². The number of nitrogens with one attached hydrogen (secondary N) is 1. The number of carbonyl (C=O) groups excluding carboxylic acids is 1. The van der Waals surface area contributed by atoms with E-state index >= 15 is 0 Å². The second-order valence-electron chi connectivity index (χ2n) is 5.80. The summed E-state index contributed by atoms with van der Waals surface area (Å²) in [5.74, 6) is -0.322. The van der Waals surface area contributed by atoms with Crippen molar-refractivity contribution in [2.75, 3.05) is 18.7 Å². The first-order valence-corrected chi connectivity index (χ1v) is 9.45. The van der Waals surface area contributed by atoms with Gasteiger partial charge in [-0.15, -0.1) is 11.8 Å². The van der Waals surface area contributed by atoms with E-state index in [1.165, 1.54) is 29.6 Å². The van der Waals surface area contributed by atoms with Crippen LogP contribution >= 0.6 is 11.8 Å². The Morgan fingerprint density at radius 3 is 2.52 bits per heavy atom. The van der Waals surface area contributed by atoms with E-state index in [4.69, 9.17) is 4.74 Å². The Morgan fingerprint density at radius 2 is 1.85 bits per heavy atom. The molecule has 1 aromatic heterocycles. The Bertz CT molecular complexity index is 1030. The first-order valence-electron chi connectivity index (χ1n) is 8.23. The van der Waals surface area contributed by atoms with E-state index in [1.807, 2.05) is 49.6 Å². The summed E-state index contributed by atoms with van der Waals surface area (Å²) in [6.07, 6.45) is 1.93. The smallest absolute Gasteiger partial charge is 0.280 e. The van der Waals surface area contributed by atoms with Gasteiger partial charge in [-0.3, -0.25) is 9.59 Å². The lowest BCUT2D eigenvalue weighted by Gasteiger charge is -2.13. The molecule has 0 fully saturated rings. The summed E-state index contributed by atoms with van der Waals surface area (Å²) in [6, 6.07) is 16.0. The third-order valence-electron chi connectivity index (χ3n) is 3.97. The van der Waals surface area contributed by atoms with Crippen molar-refractivity contribution in [1.82, 2.24) is 9.78 Å². The van der Waals surface area contributed by atoms with Crippen molar-refractivity contribution in [1.29, 1.82) is 0 Å². The second kappa shape index (κ2) is 8.09. The van der Waals surface area contributed by atoms with Crippen LogP contribution in [0.5, 0.6) is 5.75 Å². The highest BCUT2D eigenvalue weighted by Crippen LogP contribution is 2.26. The highest BCUT2D eigenvalue weighted by molar-refractivity contribution is 7.98. The summed E-state index contributed by atoms with van der Waals surface area (Å²) < 4.78 is 6.40. The SMILES string of the molecule is COc1cc(=O)n(-c2ccc(C)cc2)nc1C(=O)Nc1ccccc1SC. The zero-order valence-electron chi connectivity index (χ0n) is 15.2. The molecule has 138 valence electrons. The summed E-state index contributed by atoms with van der Waals surface area (Å²) in [6.45, 7) is 1.95. The highest BCUT2D eigenvalue weighted by Gasteiger charge is 2.19. The number of methoxy groups -OCH3 is 1. The number of ether oxygens (including phenoxy) is 1. The lowest BCUT2D eigenvalue weighted by atomic mass is 10.2. The molecule has 0 spiro atoms. The molecule has 0 saturated carbocycles. The number of thioether (sulfide) groups is 1. The number of aromatic nitrogens is 2. The van der Waals surface area contributed by atoms with Gasteiger partial charge in [0, 0.05) is 4.90 Å². The van der Waals surface area contributed by atoms with Crippen molar-refractivity contribution in [3.63, 3.8) is 0 Å². The number of benzene rings is 2. The summed E-state index contributed by atoms with van der Waals surface area (Å²) >= 11 is 1.52. The zero-order valence-corrected chi connectivity index (χ0v) is 16.0. The number of para-hydroxylation sites is 1. The minimum absolute atomic E-state index is 0.0357. The van der Waals surface area contributed by atoms with E-state index < -0.39 is 5.91 Å². The fourth-order valence-corrected chi connectivity index (χ4v) is 3.11. The van der Waals surface area contributed by atoms with E-state index in [9.17, 15) is 9.59 Å². The molecule has 1 amide bonds. The summed E-state index contributed by atoms with van der Waals surface area (Å²) in [4.78, 5) is 26.2. The van der Waals surface area contributed by atoms with Crippen molar-refractivity contribution >= 4 is 23.4 Å². The van der Waals surface area contributed by atoms with Gasteiger partial charge in [-0.2, -0.15) is 9.78 Å². The van der Waals surface area contributed by atoms with E-state index in [1.54, 1.807) is 12.1 Å². The van der Waals surface area contributed by atoms with Gasteiger partial charge >= 0.3 is 0 Å². The van der Waals surface area contributed by atoms with E-state index in [2.05, 4.69) is 10.4 Å². The summed E-state index contributed by atoms with van der Waals surface area (Å²) in [5, 5.41) is 7.10. The van der Waals surface area contributed by atoms with Crippen LogP contribution in [0.25, 0.3) is 5.69 Å². The predicted molar refractivity (Wildman–Crippen MR) is 107 cm³/mol. The van der Waals surface area contributed by atoms with Gasteiger partial charge in [-0.1, -0.05) is 29.8 Å². The standard InChI is InChI=1S/C20H19N3O3S/c1-13-8-10-14(11-9-13)23-18(24)12-16(26-2)19(22-23)20(25)21-15-6-4-5-7-17(15)27-3/h4-12H,1-3H3,(H,21,25). The molecule has 3 aromatic rings. The number of carbonyl (C=O) groups is 1. The maximum absolute atomic E-state index is 12.8.